The van der Waals surface area contributed by atoms with Crippen LogP contribution < -0.4 is 0 Å². The lowest BCUT2D eigenvalue weighted by atomic mass is 10.4. The Morgan fingerprint density at radius 2 is 1.73 bits per heavy atom. The summed E-state index contributed by atoms with van der Waals surface area (Å²) in [6.07, 6.45) is 4.85. The lowest BCUT2D eigenvalue weighted by Gasteiger charge is -2.14. The van der Waals surface area contributed by atoms with Crippen LogP contribution in [0.1, 0.15) is 27.2 Å². The molecule has 0 aliphatic rings. The first kappa shape index (κ1) is 10.7. The Hall–Kier alpha value is -0.340. The van der Waals surface area contributed by atoms with Crippen molar-refractivity contribution < 1.29 is 9.47 Å². The molecule has 0 amide bonds. The Labute approximate surface area is 69.2 Å². The van der Waals surface area contributed by atoms with Gasteiger partial charge in [0.25, 0.3) is 0 Å². The van der Waals surface area contributed by atoms with E-state index in [9.17, 15) is 0 Å². The van der Waals surface area contributed by atoms with E-state index in [0.717, 1.165) is 6.42 Å². The molecule has 0 aliphatic heterocycles. The third-order valence-corrected chi connectivity index (χ3v) is 1.27. The lowest BCUT2D eigenvalue weighted by molar-refractivity contribution is -0.133. The SMILES string of the molecule is C/C=C/CC(OCC)OCC. The molecule has 0 aromatic heterocycles. The molecule has 0 aromatic rings. The topological polar surface area (TPSA) is 18.5 Å². The Morgan fingerprint density at radius 3 is 2.09 bits per heavy atom. The summed E-state index contributed by atoms with van der Waals surface area (Å²) < 4.78 is 10.6. The number of allylic oxidation sites excluding steroid dienone is 1. The summed E-state index contributed by atoms with van der Waals surface area (Å²) in [4.78, 5) is 0. The van der Waals surface area contributed by atoms with Gasteiger partial charge in [-0.15, -0.1) is 0 Å². The first-order valence-corrected chi connectivity index (χ1v) is 4.19. The van der Waals surface area contributed by atoms with Gasteiger partial charge in [0.2, 0.25) is 0 Å². The highest BCUT2D eigenvalue weighted by atomic mass is 16.7. The van der Waals surface area contributed by atoms with Crippen molar-refractivity contribution in [2.75, 3.05) is 13.2 Å². The molecule has 0 heterocycles. The molecule has 2 heteroatoms. The van der Waals surface area contributed by atoms with E-state index in [1.807, 2.05) is 26.8 Å². The van der Waals surface area contributed by atoms with E-state index < -0.39 is 0 Å². The third-order valence-electron chi connectivity index (χ3n) is 1.27. The standard InChI is InChI=1S/C9H18O2/c1-4-7-8-9(10-5-2)11-6-3/h4,7,9H,5-6,8H2,1-3H3/b7-4+. The van der Waals surface area contributed by atoms with Crippen LogP contribution in [0.5, 0.6) is 0 Å². The van der Waals surface area contributed by atoms with Crippen LogP contribution >= 0.6 is 0 Å². The molecule has 0 bridgehead atoms. The zero-order valence-electron chi connectivity index (χ0n) is 7.67. The van der Waals surface area contributed by atoms with E-state index in [4.69, 9.17) is 9.47 Å². The Morgan fingerprint density at radius 1 is 1.18 bits per heavy atom. The van der Waals surface area contributed by atoms with Crippen molar-refractivity contribution in [3.05, 3.63) is 12.2 Å². The number of hydrogen-bond donors (Lipinski definition) is 0. The fourth-order valence-electron chi connectivity index (χ4n) is 0.803. The molecule has 0 aromatic carbocycles. The second-order valence-electron chi connectivity index (χ2n) is 2.14. The maximum Gasteiger partial charge on any atom is 0.160 e. The maximum absolute atomic E-state index is 5.31. The number of rotatable bonds is 6. The van der Waals surface area contributed by atoms with Gasteiger partial charge in [0.15, 0.2) is 6.29 Å². The second-order valence-corrected chi connectivity index (χ2v) is 2.14. The lowest BCUT2D eigenvalue weighted by Crippen LogP contribution is -2.16. The van der Waals surface area contributed by atoms with Gasteiger partial charge in [-0.2, -0.15) is 0 Å². The van der Waals surface area contributed by atoms with Crippen LogP contribution in [0.2, 0.25) is 0 Å². The van der Waals surface area contributed by atoms with Crippen LogP contribution in [-0.4, -0.2) is 19.5 Å². The average Bonchev–Trinajstić information content (AvgIpc) is 2.01. The van der Waals surface area contributed by atoms with Gasteiger partial charge in [-0.3, -0.25) is 0 Å². The van der Waals surface area contributed by atoms with E-state index in [1.54, 1.807) is 0 Å². The molecule has 11 heavy (non-hydrogen) atoms. The van der Waals surface area contributed by atoms with E-state index in [1.165, 1.54) is 0 Å². The second kappa shape index (κ2) is 7.76. The normalized spacial score (nSPS) is 11.6. The fourth-order valence-corrected chi connectivity index (χ4v) is 0.803. The zero-order chi connectivity index (χ0) is 8.53. The van der Waals surface area contributed by atoms with Gasteiger partial charge in [0.1, 0.15) is 0 Å². The van der Waals surface area contributed by atoms with Gasteiger partial charge in [-0.25, -0.2) is 0 Å². The molecule has 0 rings (SSSR count). The molecular formula is C9H18O2. The van der Waals surface area contributed by atoms with Gasteiger partial charge < -0.3 is 9.47 Å². The van der Waals surface area contributed by atoms with Gasteiger partial charge >= 0.3 is 0 Å². The molecule has 0 aliphatic carbocycles. The molecule has 0 saturated heterocycles. The summed E-state index contributed by atoms with van der Waals surface area (Å²) >= 11 is 0. The van der Waals surface area contributed by atoms with Crippen LogP contribution in [0.4, 0.5) is 0 Å². The van der Waals surface area contributed by atoms with Crippen LogP contribution in [0.3, 0.4) is 0 Å². The molecule has 0 N–H and O–H groups in total. The molecule has 0 atom stereocenters. The van der Waals surface area contributed by atoms with Crippen LogP contribution in [0.15, 0.2) is 12.2 Å². The monoisotopic (exact) mass is 158 g/mol. The summed E-state index contributed by atoms with van der Waals surface area (Å²) in [6, 6.07) is 0. The highest BCUT2D eigenvalue weighted by molar-refractivity contribution is 4.77. The van der Waals surface area contributed by atoms with Crippen molar-refractivity contribution in [3.8, 4) is 0 Å². The Balaban J connectivity index is 3.50. The predicted molar refractivity (Wildman–Crippen MR) is 46.5 cm³/mol. The summed E-state index contributed by atoms with van der Waals surface area (Å²) in [5.74, 6) is 0. The first-order valence-electron chi connectivity index (χ1n) is 4.19. The average molecular weight is 158 g/mol. The van der Waals surface area contributed by atoms with Crippen LogP contribution in [0, 0.1) is 0 Å². The number of ether oxygens (including phenoxy) is 2. The largest absolute Gasteiger partial charge is 0.353 e. The minimum absolute atomic E-state index is 0.0544. The fraction of sp³-hybridized carbons (Fsp3) is 0.778. The van der Waals surface area contributed by atoms with E-state index in [2.05, 4.69) is 6.08 Å². The zero-order valence-corrected chi connectivity index (χ0v) is 7.67. The summed E-state index contributed by atoms with van der Waals surface area (Å²) in [6.45, 7) is 7.36. The molecule has 0 saturated carbocycles. The van der Waals surface area contributed by atoms with Crippen molar-refractivity contribution in [2.45, 2.75) is 33.5 Å². The predicted octanol–water partition coefficient (Wildman–Crippen LogP) is 2.35. The van der Waals surface area contributed by atoms with E-state index in [0.29, 0.717) is 13.2 Å². The first-order chi connectivity index (χ1) is 5.35. The van der Waals surface area contributed by atoms with E-state index >= 15 is 0 Å². The van der Waals surface area contributed by atoms with Crippen molar-refractivity contribution in [1.29, 1.82) is 0 Å². The molecule has 0 fully saturated rings. The summed E-state index contributed by atoms with van der Waals surface area (Å²) in [5.41, 5.74) is 0. The molecular weight excluding hydrogens is 140 g/mol. The van der Waals surface area contributed by atoms with Gasteiger partial charge in [0.05, 0.1) is 0 Å². The van der Waals surface area contributed by atoms with Gasteiger partial charge in [-0.1, -0.05) is 12.2 Å². The van der Waals surface area contributed by atoms with Crippen molar-refractivity contribution in [2.24, 2.45) is 0 Å². The summed E-state index contributed by atoms with van der Waals surface area (Å²) in [5, 5.41) is 0. The molecule has 0 radical (unpaired) electrons. The highest BCUT2D eigenvalue weighted by Gasteiger charge is 2.03. The molecule has 2 nitrogen and oxygen atoms in total. The molecule has 0 spiro atoms. The van der Waals surface area contributed by atoms with Crippen molar-refractivity contribution in [3.63, 3.8) is 0 Å². The highest BCUT2D eigenvalue weighted by Crippen LogP contribution is 2.01. The minimum Gasteiger partial charge on any atom is -0.353 e. The maximum atomic E-state index is 5.31. The van der Waals surface area contributed by atoms with E-state index in [-0.39, 0.29) is 6.29 Å². The molecule has 0 unspecified atom stereocenters. The van der Waals surface area contributed by atoms with Crippen LogP contribution in [-0.2, 0) is 9.47 Å². The van der Waals surface area contributed by atoms with Crippen LogP contribution in [0.25, 0.3) is 0 Å². The smallest absolute Gasteiger partial charge is 0.160 e. The van der Waals surface area contributed by atoms with Crippen molar-refractivity contribution >= 4 is 0 Å². The number of hydrogen-bond acceptors (Lipinski definition) is 2. The Kier molecular flexibility index (Phi) is 7.52. The van der Waals surface area contributed by atoms with Crippen molar-refractivity contribution in [1.82, 2.24) is 0 Å². The van der Waals surface area contributed by atoms with Gasteiger partial charge in [-0.05, 0) is 20.8 Å². The minimum atomic E-state index is -0.0544. The third kappa shape index (κ3) is 6.07. The summed E-state index contributed by atoms with van der Waals surface area (Å²) in [7, 11) is 0. The molecule has 66 valence electrons. The van der Waals surface area contributed by atoms with Gasteiger partial charge in [0, 0.05) is 19.6 Å². The quantitative estimate of drug-likeness (QED) is 0.436. The Bertz CT molecular complexity index is 93.7.